The van der Waals surface area contributed by atoms with Crippen molar-refractivity contribution in [3.05, 3.63) is 12.2 Å². The van der Waals surface area contributed by atoms with Crippen LogP contribution in [0, 0.1) is 11.8 Å². The summed E-state index contributed by atoms with van der Waals surface area (Å²) in [5, 5.41) is 4.07. The van der Waals surface area contributed by atoms with E-state index >= 15 is 0 Å². The molecular formula is C12H22N4O. The van der Waals surface area contributed by atoms with E-state index in [4.69, 9.17) is 10.5 Å². The van der Waals surface area contributed by atoms with Crippen LogP contribution in [0.15, 0.2) is 6.33 Å². The van der Waals surface area contributed by atoms with E-state index in [1.807, 2.05) is 7.05 Å². The average molecular weight is 238 g/mol. The molecule has 5 nitrogen and oxygen atoms in total. The Morgan fingerprint density at radius 2 is 2.12 bits per heavy atom. The van der Waals surface area contributed by atoms with E-state index < -0.39 is 0 Å². The Balaban J connectivity index is 2.05. The molecule has 1 aliphatic heterocycles. The quantitative estimate of drug-likeness (QED) is 0.843. The number of nitrogens with two attached hydrogens (primary N) is 1. The van der Waals surface area contributed by atoms with Crippen LogP contribution in [0.1, 0.15) is 26.6 Å². The molecule has 0 amide bonds. The third kappa shape index (κ3) is 2.35. The van der Waals surface area contributed by atoms with Crippen LogP contribution in [-0.2, 0) is 18.2 Å². The Hall–Kier alpha value is -0.940. The lowest BCUT2D eigenvalue weighted by Crippen LogP contribution is -2.39. The SMILES string of the molecule is CC1OC(C)C(C(N)Cc2ncnn2C)C1C. The van der Waals surface area contributed by atoms with Crippen LogP contribution >= 0.6 is 0 Å². The molecular weight excluding hydrogens is 216 g/mol. The summed E-state index contributed by atoms with van der Waals surface area (Å²) in [6.45, 7) is 6.45. The zero-order valence-corrected chi connectivity index (χ0v) is 11.0. The molecule has 1 aromatic heterocycles. The third-order valence-electron chi connectivity index (χ3n) is 4.04. The summed E-state index contributed by atoms with van der Waals surface area (Å²) in [4.78, 5) is 4.23. The number of nitrogens with zero attached hydrogens (tertiary/aromatic N) is 3. The molecule has 0 bridgehead atoms. The summed E-state index contributed by atoms with van der Waals surface area (Å²) >= 11 is 0. The maximum atomic E-state index is 6.32. The van der Waals surface area contributed by atoms with E-state index in [9.17, 15) is 0 Å². The minimum Gasteiger partial charge on any atom is -0.375 e. The van der Waals surface area contributed by atoms with Gasteiger partial charge in [-0.3, -0.25) is 4.68 Å². The van der Waals surface area contributed by atoms with Crippen LogP contribution in [0.2, 0.25) is 0 Å². The molecule has 2 rings (SSSR count). The molecule has 0 saturated carbocycles. The molecule has 5 unspecified atom stereocenters. The highest BCUT2D eigenvalue weighted by Crippen LogP contribution is 2.34. The van der Waals surface area contributed by atoms with Gasteiger partial charge in [0.2, 0.25) is 0 Å². The maximum Gasteiger partial charge on any atom is 0.138 e. The molecule has 5 atom stereocenters. The van der Waals surface area contributed by atoms with Crippen molar-refractivity contribution in [3.8, 4) is 0 Å². The Bertz CT molecular complexity index is 378. The predicted octanol–water partition coefficient (Wildman–Crippen LogP) is 0.744. The summed E-state index contributed by atoms with van der Waals surface area (Å²) in [7, 11) is 1.90. The van der Waals surface area contributed by atoms with Gasteiger partial charge in [-0.15, -0.1) is 0 Å². The normalized spacial score (nSPS) is 35.1. The Labute approximate surface area is 102 Å². The predicted molar refractivity (Wildman–Crippen MR) is 65.3 cm³/mol. The van der Waals surface area contributed by atoms with Gasteiger partial charge in [0.05, 0.1) is 12.2 Å². The van der Waals surface area contributed by atoms with Crippen LogP contribution in [0.5, 0.6) is 0 Å². The molecule has 1 saturated heterocycles. The summed E-state index contributed by atoms with van der Waals surface area (Å²) < 4.78 is 7.62. The summed E-state index contributed by atoms with van der Waals surface area (Å²) in [6, 6.07) is 0.0767. The van der Waals surface area contributed by atoms with Crippen molar-refractivity contribution >= 4 is 0 Å². The van der Waals surface area contributed by atoms with Crippen molar-refractivity contribution in [1.29, 1.82) is 0 Å². The Morgan fingerprint density at radius 3 is 2.59 bits per heavy atom. The number of hydrogen-bond donors (Lipinski definition) is 1. The first-order valence-electron chi connectivity index (χ1n) is 6.24. The fourth-order valence-corrected chi connectivity index (χ4v) is 2.88. The lowest BCUT2D eigenvalue weighted by Gasteiger charge is -2.25. The van der Waals surface area contributed by atoms with Gasteiger partial charge in [-0.1, -0.05) is 6.92 Å². The number of ether oxygens (including phenoxy) is 1. The van der Waals surface area contributed by atoms with Crippen molar-refractivity contribution in [2.24, 2.45) is 24.6 Å². The highest BCUT2D eigenvalue weighted by Gasteiger charge is 2.40. The number of hydrogen-bond acceptors (Lipinski definition) is 4. The number of rotatable bonds is 3. The first kappa shape index (κ1) is 12.5. The topological polar surface area (TPSA) is 66.0 Å². The van der Waals surface area contributed by atoms with Crippen LogP contribution in [0.25, 0.3) is 0 Å². The molecule has 17 heavy (non-hydrogen) atoms. The minimum absolute atomic E-state index is 0.0767. The van der Waals surface area contributed by atoms with Gasteiger partial charge in [0.15, 0.2) is 0 Å². The fraction of sp³-hybridized carbons (Fsp3) is 0.833. The van der Waals surface area contributed by atoms with Gasteiger partial charge in [0.25, 0.3) is 0 Å². The lowest BCUT2D eigenvalue weighted by atomic mass is 9.82. The molecule has 0 spiro atoms. The second-order valence-electron chi connectivity index (χ2n) is 5.15. The molecule has 0 radical (unpaired) electrons. The molecule has 0 aromatic carbocycles. The fourth-order valence-electron chi connectivity index (χ4n) is 2.88. The van der Waals surface area contributed by atoms with Gasteiger partial charge in [0, 0.05) is 25.4 Å². The Morgan fingerprint density at radius 1 is 1.41 bits per heavy atom. The highest BCUT2D eigenvalue weighted by atomic mass is 16.5. The van der Waals surface area contributed by atoms with E-state index in [2.05, 4.69) is 30.9 Å². The minimum atomic E-state index is 0.0767. The van der Waals surface area contributed by atoms with Crippen LogP contribution in [0.4, 0.5) is 0 Å². The van der Waals surface area contributed by atoms with Crippen molar-refractivity contribution in [2.75, 3.05) is 0 Å². The molecule has 96 valence electrons. The van der Waals surface area contributed by atoms with Gasteiger partial charge in [-0.25, -0.2) is 4.98 Å². The summed E-state index contributed by atoms with van der Waals surface area (Å²) in [5.41, 5.74) is 6.32. The van der Waals surface area contributed by atoms with E-state index in [0.717, 1.165) is 12.2 Å². The molecule has 2 N–H and O–H groups in total. The molecule has 1 aliphatic rings. The van der Waals surface area contributed by atoms with E-state index in [-0.39, 0.29) is 12.1 Å². The summed E-state index contributed by atoms with van der Waals surface area (Å²) in [5.74, 6) is 1.83. The standard InChI is InChI=1S/C12H22N4O/c1-7-8(2)17-9(3)12(7)10(13)5-11-14-6-15-16(11)4/h6-10,12H,5,13H2,1-4H3. The average Bonchev–Trinajstić information content (AvgIpc) is 2.74. The zero-order chi connectivity index (χ0) is 12.6. The maximum absolute atomic E-state index is 6.32. The van der Waals surface area contributed by atoms with Gasteiger partial charge < -0.3 is 10.5 Å². The first-order valence-corrected chi connectivity index (χ1v) is 6.24. The third-order valence-corrected chi connectivity index (χ3v) is 4.04. The summed E-state index contributed by atoms with van der Waals surface area (Å²) in [6.07, 6.45) is 2.85. The van der Waals surface area contributed by atoms with Gasteiger partial charge in [-0.2, -0.15) is 5.10 Å². The first-order chi connectivity index (χ1) is 8.00. The molecule has 2 heterocycles. The van der Waals surface area contributed by atoms with Crippen molar-refractivity contribution in [2.45, 2.75) is 45.4 Å². The number of aromatic nitrogens is 3. The highest BCUT2D eigenvalue weighted by molar-refractivity contribution is 4.96. The van der Waals surface area contributed by atoms with Gasteiger partial charge >= 0.3 is 0 Å². The van der Waals surface area contributed by atoms with E-state index in [1.54, 1.807) is 11.0 Å². The largest absolute Gasteiger partial charge is 0.375 e. The van der Waals surface area contributed by atoms with Crippen molar-refractivity contribution in [1.82, 2.24) is 14.8 Å². The molecule has 0 aliphatic carbocycles. The van der Waals surface area contributed by atoms with Crippen LogP contribution < -0.4 is 5.73 Å². The smallest absolute Gasteiger partial charge is 0.138 e. The second-order valence-corrected chi connectivity index (χ2v) is 5.15. The van der Waals surface area contributed by atoms with Crippen LogP contribution in [0.3, 0.4) is 0 Å². The molecule has 5 heteroatoms. The van der Waals surface area contributed by atoms with E-state index in [1.165, 1.54) is 0 Å². The lowest BCUT2D eigenvalue weighted by molar-refractivity contribution is 0.0489. The molecule has 1 aromatic rings. The van der Waals surface area contributed by atoms with Gasteiger partial charge in [0.1, 0.15) is 12.2 Å². The second kappa shape index (κ2) is 4.74. The van der Waals surface area contributed by atoms with Crippen molar-refractivity contribution < 1.29 is 4.74 Å². The van der Waals surface area contributed by atoms with Gasteiger partial charge in [-0.05, 0) is 19.8 Å². The monoisotopic (exact) mass is 238 g/mol. The number of aryl methyl sites for hydroxylation is 1. The Kier molecular flexibility index (Phi) is 3.49. The molecule has 1 fully saturated rings. The zero-order valence-electron chi connectivity index (χ0n) is 11.0. The van der Waals surface area contributed by atoms with Crippen molar-refractivity contribution in [3.63, 3.8) is 0 Å². The van der Waals surface area contributed by atoms with Crippen LogP contribution in [-0.4, -0.2) is 33.0 Å². The van der Waals surface area contributed by atoms with E-state index in [0.29, 0.717) is 17.9 Å².